The van der Waals surface area contributed by atoms with Crippen LogP contribution in [0.1, 0.15) is 11.1 Å². The summed E-state index contributed by atoms with van der Waals surface area (Å²) < 4.78 is 17.2. The fraction of sp³-hybridized carbons (Fsp3) is 0.0952. The molecule has 0 radical (unpaired) electrons. The highest BCUT2D eigenvalue weighted by atomic mass is 35.5. The summed E-state index contributed by atoms with van der Waals surface area (Å²) in [5.41, 5.74) is 1.20. The Kier molecular flexibility index (Phi) is 7.41. The van der Waals surface area contributed by atoms with E-state index in [2.05, 4.69) is 20.8 Å². The Hall–Kier alpha value is -2.36. The standard InChI is InChI=1S/C21H15Cl4FN6S/c22-13-5-4-12(16(24)8-13)9-32-11-17(25)20(30-32)28-21(33)27-19-6-7-31(29-19)10-14-15(23)2-1-3-18(14)26/h1-8,11H,9-10H2,(H2,27,28,29,30,33). The van der Waals surface area contributed by atoms with Gasteiger partial charge in [-0.3, -0.25) is 9.36 Å². The second-order valence-corrected chi connectivity index (χ2v) is 9.00. The van der Waals surface area contributed by atoms with Crippen LogP contribution in [0.5, 0.6) is 0 Å². The molecule has 0 fully saturated rings. The summed E-state index contributed by atoms with van der Waals surface area (Å²) in [5, 5.41) is 16.7. The molecule has 2 aromatic heterocycles. The first-order valence-electron chi connectivity index (χ1n) is 9.49. The molecule has 2 heterocycles. The molecule has 0 atom stereocenters. The van der Waals surface area contributed by atoms with Gasteiger partial charge < -0.3 is 10.6 Å². The van der Waals surface area contributed by atoms with E-state index < -0.39 is 5.82 Å². The van der Waals surface area contributed by atoms with Gasteiger partial charge in [-0.2, -0.15) is 10.2 Å². The highest BCUT2D eigenvalue weighted by Gasteiger charge is 2.12. The number of nitrogens with one attached hydrogen (secondary N) is 2. The molecule has 2 aromatic carbocycles. The van der Waals surface area contributed by atoms with Crippen LogP contribution in [0.2, 0.25) is 20.1 Å². The summed E-state index contributed by atoms with van der Waals surface area (Å²) in [6, 6.07) is 11.5. The van der Waals surface area contributed by atoms with Gasteiger partial charge in [0.1, 0.15) is 10.8 Å². The maximum Gasteiger partial charge on any atom is 0.177 e. The molecule has 12 heteroatoms. The quantitative estimate of drug-likeness (QED) is 0.264. The highest BCUT2D eigenvalue weighted by molar-refractivity contribution is 7.80. The van der Waals surface area contributed by atoms with Gasteiger partial charge in [0.25, 0.3) is 0 Å². The molecule has 6 nitrogen and oxygen atoms in total. The van der Waals surface area contributed by atoms with Crippen LogP contribution in [-0.2, 0) is 13.1 Å². The van der Waals surface area contributed by atoms with E-state index >= 15 is 0 Å². The third-order valence-electron chi connectivity index (χ3n) is 4.56. The van der Waals surface area contributed by atoms with E-state index in [1.165, 1.54) is 6.07 Å². The summed E-state index contributed by atoms with van der Waals surface area (Å²) in [7, 11) is 0. The molecule has 0 aliphatic carbocycles. The van der Waals surface area contributed by atoms with Crippen molar-refractivity contribution < 1.29 is 4.39 Å². The molecule has 0 saturated heterocycles. The molecular weight excluding hydrogens is 529 g/mol. The highest BCUT2D eigenvalue weighted by Crippen LogP contribution is 2.25. The maximum atomic E-state index is 14.0. The van der Waals surface area contributed by atoms with E-state index in [0.29, 0.717) is 43.8 Å². The largest absolute Gasteiger partial charge is 0.316 e. The van der Waals surface area contributed by atoms with Crippen molar-refractivity contribution in [1.82, 2.24) is 19.6 Å². The van der Waals surface area contributed by atoms with Crippen LogP contribution in [0.15, 0.2) is 54.9 Å². The van der Waals surface area contributed by atoms with Crippen LogP contribution in [0.4, 0.5) is 16.0 Å². The number of aromatic nitrogens is 4. The fourth-order valence-corrected chi connectivity index (χ4v) is 4.09. The Bertz CT molecular complexity index is 1300. The molecule has 0 aliphatic heterocycles. The zero-order valence-corrected chi connectivity index (χ0v) is 20.5. The molecule has 4 aromatic rings. The molecule has 0 amide bonds. The van der Waals surface area contributed by atoms with Gasteiger partial charge in [0.15, 0.2) is 16.7 Å². The minimum Gasteiger partial charge on any atom is -0.316 e. The molecule has 0 aliphatic rings. The summed E-state index contributed by atoms with van der Waals surface area (Å²) in [5.74, 6) is 0.440. The summed E-state index contributed by atoms with van der Waals surface area (Å²) in [4.78, 5) is 0. The zero-order chi connectivity index (χ0) is 23.5. The van der Waals surface area contributed by atoms with Crippen molar-refractivity contribution in [1.29, 1.82) is 0 Å². The first-order chi connectivity index (χ1) is 15.8. The molecule has 4 rings (SSSR count). The molecular formula is C21H15Cl4FN6S. The van der Waals surface area contributed by atoms with Crippen LogP contribution >= 0.6 is 58.6 Å². The Morgan fingerprint density at radius 2 is 1.73 bits per heavy atom. The summed E-state index contributed by atoms with van der Waals surface area (Å²) in [6.45, 7) is 0.581. The smallest absolute Gasteiger partial charge is 0.177 e. The fourth-order valence-electron chi connectivity index (χ4n) is 3.00. The number of thiocarbonyl (C=S) groups is 1. The van der Waals surface area contributed by atoms with Crippen molar-refractivity contribution in [3.8, 4) is 0 Å². The van der Waals surface area contributed by atoms with Gasteiger partial charge >= 0.3 is 0 Å². The Morgan fingerprint density at radius 3 is 2.48 bits per heavy atom. The number of anilines is 2. The molecule has 170 valence electrons. The van der Waals surface area contributed by atoms with Gasteiger partial charge in [-0.15, -0.1) is 0 Å². The van der Waals surface area contributed by atoms with Crippen molar-refractivity contribution in [3.63, 3.8) is 0 Å². The van der Waals surface area contributed by atoms with E-state index in [1.807, 2.05) is 6.07 Å². The van der Waals surface area contributed by atoms with Gasteiger partial charge in [0.05, 0.1) is 13.1 Å². The second-order valence-electron chi connectivity index (χ2n) is 6.94. The van der Waals surface area contributed by atoms with Gasteiger partial charge in [-0.05, 0) is 42.0 Å². The predicted molar refractivity (Wildman–Crippen MR) is 135 cm³/mol. The number of benzene rings is 2. The molecule has 0 bridgehead atoms. The van der Waals surface area contributed by atoms with E-state index in [9.17, 15) is 4.39 Å². The number of nitrogens with zero attached hydrogens (tertiary/aromatic N) is 4. The minimum absolute atomic E-state index is 0.177. The van der Waals surface area contributed by atoms with E-state index in [-0.39, 0.29) is 11.7 Å². The minimum atomic E-state index is -0.394. The zero-order valence-electron chi connectivity index (χ0n) is 16.7. The van der Waals surface area contributed by atoms with Crippen molar-refractivity contribution in [3.05, 3.63) is 91.9 Å². The van der Waals surface area contributed by atoms with Crippen LogP contribution < -0.4 is 10.6 Å². The average Bonchev–Trinajstić information content (AvgIpc) is 3.33. The third-order valence-corrected chi connectivity index (χ3v) is 5.98. The summed E-state index contributed by atoms with van der Waals surface area (Å²) >= 11 is 29.9. The normalized spacial score (nSPS) is 10.9. The molecule has 0 saturated carbocycles. The lowest BCUT2D eigenvalue weighted by atomic mass is 10.2. The van der Waals surface area contributed by atoms with Crippen molar-refractivity contribution >= 4 is 75.4 Å². The lowest BCUT2D eigenvalue weighted by Crippen LogP contribution is -2.20. The van der Waals surface area contributed by atoms with Crippen molar-refractivity contribution in [2.45, 2.75) is 13.1 Å². The summed E-state index contributed by atoms with van der Waals surface area (Å²) in [6.07, 6.45) is 3.34. The van der Waals surface area contributed by atoms with Crippen LogP contribution in [0.3, 0.4) is 0 Å². The SMILES string of the molecule is Fc1cccc(Cl)c1Cn1ccc(NC(=S)Nc2nn(Cc3ccc(Cl)cc3Cl)cc2Cl)n1. The van der Waals surface area contributed by atoms with Crippen molar-refractivity contribution in [2.75, 3.05) is 10.6 Å². The number of halogens is 5. The van der Waals surface area contributed by atoms with Crippen LogP contribution in [0.25, 0.3) is 0 Å². The number of hydrogen-bond donors (Lipinski definition) is 2. The first kappa shape index (κ1) is 23.8. The second kappa shape index (κ2) is 10.3. The molecule has 0 spiro atoms. The van der Waals surface area contributed by atoms with Gasteiger partial charge in [0.2, 0.25) is 0 Å². The van der Waals surface area contributed by atoms with Crippen LogP contribution in [0, 0.1) is 5.82 Å². The third kappa shape index (κ3) is 5.96. The number of hydrogen-bond acceptors (Lipinski definition) is 3. The monoisotopic (exact) mass is 542 g/mol. The van der Waals surface area contributed by atoms with E-state index in [4.69, 9.17) is 58.6 Å². The predicted octanol–water partition coefficient (Wildman–Crippen LogP) is 6.74. The Balaban J connectivity index is 1.38. The van der Waals surface area contributed by atoms with Gasteiger partial charge in [0, 0.05) is 39.1 Å². The topological polar surface area (TPSA) is 59.7 Å². The average molecular weight is 544 g/mol. The molecule has 33 heavy (non-hydrogen) atoms. The van der Waals surface area contributed by atoms with Crippen LogP contribution in [-0.4, -0.2) is 24.7 Å². The van der Waals surface area contributed by atoms with Crippen molar-refractivity contribution in [2.24, 2.45) is 0 Å². The van der Waals surface area contributed by atoms with Gasteiger partial charge in [-0.1, -0.05) is 58.5 Å². The Labute approximate surface area is 214 Å². The first-order valence-corrected chi connectivity index (χ1v) is 11.4. The van der Waals surface area contributed by atoms with Gasteiger partial charge in [-0.25, -0.2) is 4.39 Å². The number of rotatable bonds is 6. The molecule has 0 unspecified atom stereocenters. The molecule has 2 N–H and O–H groups in total. The maximum absolute atomic E-state index is 14.0. The van der Waals surface area contributed by atoms with E-state index in [1.54, 1.807) is 52.1 Å². The lowest BCUT2D eigenvalue weighted by Gasteiger charge is -2.08. The lowest BCUT2D eigenvalue weighted by molar-refractivity contribution is 0.586. The van der Waals surface area contributed by atoms with E-state index in [0.717, 1.165) is 5.56 Å². The Morgan fingerprint density at radius 1 is 0.909 bits per heavy atom.